The van der Waals surface area contributed by atoms with E-state index in [2.05, 4.69) is 15.8 Å². The molecule has 2 N–H and O–H groups in total. The third-order valence-corrected chi connectivity index (χ3v) is 5.74. The van der Waals surface area contributed by atoms with Gasteiger partial charge in [-0.3, -0.25) is 9.59 Å². The van der Waals surface area contributed by atoms with Gasteiger partial charge in [0.25, 0.3) is 0 Å². The normalized spacial score (nSPS) is 10.7. The second-order valence-electron chi connectivity index (χ2n) is 7.46. The van der Waals surface area contributed by atoms with Crippen molar-refractivity contribution in [3.63, 3.8) is 0 Å². The van der Waals surface area contributed by atoms with Crippen molar-refractivity contribution in [1.29, 1.82) is 0 Å². The van der Waals surface area contributed by atoms with Crippen molar-refractivity contribution in [3.05, 3.63) is 87.4 Å². The summed E-state index contributed by atoms with van der Waals surface area (Å²) in [6.07, 6.45) is 1.92. The summed E-state index contributed by atoms with van der Waals surface area (Å²) < 4.78 is 16.2. The van der Waals surface area contributed by atoms with Crippen LogP contribution in [0.4, 0.5) is 0 Å². The Labute approximate surface area is 219 Å². The molecule has 0 heterocycles. The Morgan fingerprint density at radius 2 is 1.64 bits per heavy atom. The summed E-state index contributed by atoms with van der Waals surface area (Å²) in [4.78, 5) is 24.1. The molecule has 188 valence electrons. The Bertz CT molecular complexity index is 1230. The number of rotatable bonds is 10. The summed E-state index contributed by atoms with van der Waals surface area (Å²) in [5, 5.41) is 7.44. The quantitative estimate of drug-likeness (QED) is 0.230. The number of hydrogen-bond donors (Lipinski definition) is 2. The lowest BCUT2D eigenvalue weighted by Crippen LogP contribution is -2.38. The summed E-state index contributed by atoms with van der Waals surface area (Å²) in [5.41, 5.74) is 4.48. The summed E-state index contributed by atoms with van der Waals surface area (Å²) >= 11 is 12.3. The number of amides is 2. The van der Waals surface area contributed by atoms with Crippen LogP contribution in [0.2, 0.25) is 10.0 Å². The lowest BCUT2D eigenvalue weighted by Gasteiger charge is -2.10. The molecule has 3 rings (SSSR count). The first-order valence-electron chi connectivity index (χ1n) is 10.9. The molecular weight excluding hydrogens is 505 g/mol. The number of methoxy groups -OCH3 is 2. The number of ether oxygens (including phenoxy) is 3. The van der Waals surface area contributed by atoms with E-state index in [1.807, 2.05) is 12.1 Å². The van der Waals surface area contributed by atoms with E-state index in [1.54, 1.807) is 62.8 Å². The number of benzene rings is 3. The zero-order valence-electron chi connectivity index (χ0n) is 19.7. The predicted molar refractivity (Wildman–Crippen MR) is 139 cm³/mol. The Hall–Kier alpha value is -3.75. The molecule has 0 spiro atoms. The topological polar surface area (TPSA) is 98.2 Å². The SMILES string of the molecule is COc1ccc(CCNC(=O)C(=O)N/N=C\c2cccc(OCc3c(Cl)cccc3Cl)c2)cc1OC. The lowest BCUT2D eigenvalue weighted by molar-refractivity contribution is -0.139. The lowest BCUT2D eigenvalue weighted by atomic mass is 10.1. The highest BCUT2D eigenvalue weighted by molar-refractivity contribution is 6.36. The Kier molecular flexibility index (Phi) is 9.97. The summed E-state index contributed by atoms with van der Waals surface area (Å²) in [6, 6.07) is 17.7. The molecule has 0 bridgehead atoms. The van der Waals surface area contributed by atoms with Gasteiger partial charge in [0, 0.05) is 22.2 Å². The number of hydrogen-bond acceptors (Lipinski definition) is 6. The maximum absolute atomic E-state index is 12.0. The van der Waals surface area contributed by atoms with E-state index >= 15 is 0 Å². The summed E-state index contributed by atoms with van der Waals surface area (Å²) in [6.45, 7) is 0.458. The number of carbonyl (C=O) groups excluding carboxylic acids is 2. The third-order valence-electron chi connectivity index (χ3n) is 5.04. The molecule has 0 unspecified atom stereocenters. The molecule has 0 saturated carbocycles. The Morgan fingerprint density at radius 1 is 0.917 bits per heavy atom. The number of carbonyl (C=O) groups is 2. The minimum Gasteiger partial charge on any atom is -0.493 e. The first-order valence-corrected chi connectivity index (χ1v) is 11.6. The highest BCUT2D eigenvalue weighted by Gasteiger charge is 2.12. The molecule has 0 radical (unpaired) electrons. The van der Waals surface area contributed by atoms with Gasteiger partial charge in [0.15, 0.2) is 11.5 Å². The van der Waals surface area contributed by atoms with Gasteiger partial charge in [-0.1, -0.05) is 47.5 Å². The van der Waals surface area contributed by atoms with Gasteiger partial charge >= 0.3 is 11.8 Å². The van der Waals surface area contributed by atoms with Gasteiger partial charge in [-0.25, -0.2) is 5.43 Å². The van der Waals surface area contributed by atoms with Gasteiger partial charge in [0.1, 0.15) is 12.4 Å². The molecule has 10 heteroatoms. The van der Waals surface area contributed by atoms with Crippen LogP contribution < -0.4 is 25.0 Å². The minimum absolute atomic E-state index is 0.194. The van der Waals surface area contributed by atoms with Crippen LogP contribution in [0.15, 0.2) is 65.8 Å². The minimum atomic E-state index is -0.876. The molecule has 0 saturated heterocycles. The second-order valence-corrected chi connectivity index (χ2v) is 8.27. The molecule has 36 heavy (non-hydrogen) atoms. The highest BCUT2D eigenvalue weighted by Crippen LogP contribution is 2.28. The van der Waals surface area contributed by atoms with Gasteiger partial charge in [-0.2, -0.15) is 5.10 Å². The molecular formula is C26H25Cl2N3O5. The van der Waals surface area contributed by atoms with Gasteiger partial charge in [-0.05, 0) is 53.9 Å². The van der Waals surface area contributed by atoms with E-state index in [0.717, 1.165) is 5.56 Å². The standard InChI is InChI=1S/C26H25Cl2N3O5/c1-34-23-10-9-17(14-24(23)35-2)11-12-29-25(32)26(33)31-30-15-18-5-3-6-19(13-18)36-16-20-21(27)7-4-8-22(20)28/h3-10,13-15H,11-12,16H2,1-2H3,(H,29,32)(H,31,33)/b30-15-. The van der Waals surface area contributed by atoms with Crippen molar-refractivity contribution in [2.45, 2.75) is 13.0 Å². The van der Waals surface area contributed by atoms with E-state index in [1.165, 1.54) is 6.21 Å². The van der Waals surface area contributed by atoms with Crippen molar-refractivity contribution in [1.82, 2.24) is 10.7 Å². The fraction of sp³-hybridized carbons (Fsp3) is 0.192. The van der Waals surface area contributed by atoms with E-state index in [9.17, 15) is 9.59 Å². The van der Waals surface area contributed by atoms with Crippen LogP contribution >= 0.6 is 23.2 Å². The van der Waals surface area contributed by atoms with E-state index in [4.69, 9.17) is 37.4 Å². The van der Waals surface area contributed by atoms with Crippen LogP contribution in [-0.4, -0.2) is 38.8 Å². The number of hydrazone groups is 1. The Morgan fingerprint density at radius 3 is 2.36 bits per heavy atom. The van der Waals surface area contributed by atoms with Gasteiger partial charge in [0.2, 0.25) is 0 Å². The van der Waals surface area contributed by atoms with Crippen LogP contribution in [0.1, 0.15) is 16.7 Å². The largest absolute Gasteiger partial charge is 0.493 e. The molecule has 3 aromatic carbocycles. The average Bonchev–Trinajstić information content (AvgIpc) is 2.88. The van der Waals surface area contributed by atoms with E-state index in [0.29, 0.717) is 44.8 Å². The highest BCUT2D eigenvalue weighted by atomic mass is 35.5. The van der Waals surface area contributed by atoms with Crippen molar-refractivity contribution < 1.29 is 23.8 Å². The van der Waals surface area contributed by atoms with Crippen molar-refractivity contribution in [3.8, 4) is 17.2 Å². The molecule has 0 aliphatic heterocycles. The molecule has 0 fully saturated rings. The molecule has 0 aliphatic carbocycles. The fourth-order valence-corrected chi connectivity index (χ4v) is 3.67. The van der Waals surface area contributed by atoms with Crippen LogP contribution in [0.25, 0.3) is 0 Å². The third kappa shape index (κ3) is 7.63. The molecule has 3 aromatic rings. The van der Waals surface area contributed by atoms with Gasteiger partial charge in [0.05, 0.1) is 20.4 Å². The monoisotopic (exact) mass is 529 g/mol. The first kappa shape index (κ1) is 26.8. The first-order chi connectivity index (χ1) is 17.4. The van der Waals surface area contributed by atoms with Crippen molar-refractivity contribution in [2.75, 3.05) is 20.8 Å². The zero-order chi connectivity index (χ0) is 25.9. The van der Waals surface area contributed by atoms with Crippen molar-refractivity contribution in [2.24, 2.45) is 5.10 Å². The number of halogens is 2. The Balaban J connectivity index is 1.46. The van der Waals surface area contributed by atoms with Crippen LogP contribution in [0, 0.1) is 0 Å². The number of nitrogens with zero attached hydrogens (tertiary/aromatic N) is 1. The zero-order valence-corrected chi connectivity index (χ0v) is 21.2. The average molecular weight is 530 g/mol. The maximum Gasteiger partial charge on any atom is 0.329 e. The van der Waals surface area contributed by atoms with Gasteiger partial charge < -0.3 is 19.5 Å². The molecule has 0 aromatic heterocycles. The van der Waals surface area contributed by atoms with Crippen LogP contribution in [-0.2, 0) is 22.6 Å². The molecule has 8 nitrogen and oxygen atoms in total. The van der Waals surface area contributed by atoms with E-state index < -0.39 is 11.8 Å². The maximum atomic E-state index is 12.0. The molecule has 0 atom stereocenters. The number of nitrogens with one attached hydrogen (secondary N) is 2. The molecule has 0 aliphatic rings. The fourth-order valence-electron chi connectivity index (χ4n) is 3.16. The van der Waals surface area contributed by atoms with Gasteiger partial charge in [-0.15, -0.1) is 0 Å². The van der Waals surface area contributed by atoms with E-state index in [-0.39, 0.29) is 13.2 Å². The smallest absolute Gasteiger partial charge is 0.329 e. The van der Waals surface area contributed by atoms with Crippen LogP contribution in [0.5, 0.6) is 17.2 Å². The predicted octanol–water partition coefficient (Wildman–Crippen LogP) is 4.40. The summed E-state index contributed by atoms with van der Waals surface area (Å²) in [5.74, 6) is 0.106. The second kappa shape index (κ2) is 13.4. The van der Waals surface area contributed by atoms with Crippen molar-refractivity contribution >= 4 is 41.2 Å². The molecule has 2 amide bonds. The van der Waals surface area contributed by atoms with Crippen LogP contribution in [0.3, 0.4) is 0 Å². The summed E-state index contributed by atoms with van der Waals surface area (Å²) in [7, 11) is 3.11.